The maximum Gasteiger partial charge on any atom is 0.472 e. The van der Waals surface area contributed by atoms with Gasteiger partial charge in [0.05, 0.1) is 13.2 Å². The topological polar surface area (TPSA) is 172 Å². The number of nitrogens with two attached hydrogens (primary N) is 1. The smallest absolute Gasteiger partial charge is 0.472 e. The molecule has 60 heavy (non-hydrogen) atoms. The molecular weight excluding hydrogens is 781 g/mol. The maximum atomic E-state index is 12.6. The van der Waals surface area contributed by atoms with Crippen molar-refractivity contribution < 1.29 is 47.5 Å². The number of carbonyl (C=O) groups is 3. The van der Waals surface area contributed by atoms with Crippen molar-refractivity contribution >= 4 is 25.7 Å². The number of esters is 2. The minimum atomic E-state index is -4.71. The third kappa shape index (κ3) is 43.1. The van der Waals surface area contributed by atoms with Gasteiger partial charge in [0.15, 0.2) is 6.10 Å². The second kappa shape index (κ2) is 44.1. The molecule has 0 saturated carbocycles. The molecule has 0 aliphatic rings. The van der Waals surface area contributed by atoms with Crippen molar-refractivity contribution in [2.24, 2.45) is 5.73 Å². The summed E-state index contributed by atoms with van der Waals surface area (Å²) in [7, 11) is -4.71. The van der Waals surface area contributed by atoms with E-state index in [0.29, 0.717) is 12.8 Å². The number of phosphoric ester groups is 1. The number of hydrogen-bond donors (Lipinski definition) is 3. The van der Waals surface area contributed by atoms with Gasteiger partial charge in [0.25, 0.3) is 0 Å². The molecule has 0 saturated heterocycles. The lowest BCUT2D eigenvalue weighted by molar-refractivity contribution is -0.161. The molecule has 1 unspecified atom stereocenters. The summed E-state index contributed by atoms with van der Waals surface area (Å²) in [5, 5.41) is 8.91. The first-order chi connectivity index (χ1) is 29.1. The number of ether oxygens (including phenoxy) is 2. The molecule has 356 valence electrons. The van der Waals surface area contributed by atoms with Crippen molar-refractivity contribution in [3.05, 3.63) is 0 Å². The Morgan fingerprint density at radius 3 is 1.05 bits per heavy atom. The van der Waals surface area contributed by atoms with Gasteiger partial charge in [0, 0.05) is 12.8 Å². The van der Waals surface area contributed by atoms with E-state index in [1.807, 2.05) is 0 Å². The van der Waals surface area contributed by atoms with E-state index in [1.54, 1.807) is 0 Å². The molecule has 11 nitrogen and oxygen atoms in total. The molecule has 0 radical (unpaired) electrons. The summed E-state index contributed by atoms with van der Waals surface area (Å²) in [6.45, 7) is 2.86. The van der Waals surface area contributed by atoms with Crippen molar-refractivity contribution in [1.29, 1.82) is 0 Å². The molecule has 0 aromatic heterocycles. The van der Waals surface area contributed by atoms with E-state index < -0.39 is 51.1 Å². The third-order valence-corrected chi connectivity index (χ3v) is 12.3. The highest BCUT2D eigenvalue weighted by Gasteiger charge is 2.28. The van der Waals surface area contributed by atoms with Gasteiger partial charge in [-0.2, -0.15) is 0 Å². The number of phosphoric acid groups is 1. The number of carbonyl (C=O) groups excluding carboxylic acids is 2. The first kappa shape index (κ1) is 58.5. The molecule has 0 bridgehead atoms. The molecule has 4 N–H and O–H groups in total. The van der Waals surface area contributed by atoms with E-state index in [1.165, 1.54) is 180 Å². The monoisotopic (exact) mass is 876 g/mol. The predicted molar refractivity (Wildman–Crippen MR) is 245 cm³/mol. The summed E-state index contributed by atoms with van der Waals surface area (Å²) in [6.07, 6.45) is 44.5. The van der Waals surface area contributed by atoms with Crippen LogP contribution in [0.3, 0.4) is 0 Å². The number of rotatable bonds is 48. The molecule has 0 heterocycles. The summed E-state index contributed by atoms with van der Waals surface area (Å²) in [6, 6.07) is -1.52. The van der Waals surface area contributed by atoms with Crippen molar-refractivity contribution in [1.82, 2.24) is 0 Å². The van der Waals surface area contributed by atoms with Crippen LogP contribution in [0.15, 0.2) is 0 Å². The van der Waals surface area contributed by atoms with Crippen LogP contribution in [0, 0.1) is 0 Å². The molecule has 0 fully saturated rings. The molecule has 0 amide bonds. The van der Waals surface area contributed by atoms with Gasteiger partial charge in [-0.25, -0.2) is 4.57 Å². The first-order valence-electron chi connectivity index (χ1n) is 25.1. The van der Waals surface area contributed by atoms with Gasteiger partial charge >= 0.3 is 25.7 Å². The zero-order valence-electron chi connectivity index (χ0n) is 38.8. The van der Waals surface area contributed by atoms with Crippen molar-refractivity contribution in [3.63, 3.8) is 0 Å². The van der Waals surface area contributed by atoms with Crippen molar-refractivity contribution in [2.75, 3.05) is 19.8 Å². The highest BCUT2D eigenvalue weighted by atomic mass is 31.2. The SMILES string of the molecule is CCCCCCCCCCCCCCCCCCCCCCCCC(=O)OC[C@@H](COP(=O)(O)OC[C@@H](N)C(=O)O)OC(=O)CCCCCCCCCCCCCCCC. The summed E-state index contributed by atoms with van der Waals surface area (Å²) in [5.41, 5.74) is 5.35. The van der Waals surface area contributed by atoms with Gasteiger partial charge in [0.2, 0.25) is 0 Å². The number of hydrogen-bond acceptors (Lipinski definition) is 9. The van der Waals surface area contributed by atoms with Gasteiger partial charge < -0.3 is 25.2 Å². The Kier molecular flexibility index (Phi) is 43.0. The Balaban J connectivity index is 4.16. The molecule has 3 atom stereocenters. The van der Waals surface area contributed by atoms with E-state index in [2.05, 4.69) is 18.4 Å². The Labute approximate surface area is 367 Å². The van der Waals surface area contributed by atoms with Crippen LogP contribution in [0.1, 0.15) is 258 Å². The fourth-order valence-corrected chi connectivity index (χ4v) is 8.20. The number of aliphatic carboxylic acids is 1. The van der Waals surface area contributed by atoms with E-state index in [4.69, 9.17) is 24.8 Å². The minimum Gasteiger partial charge on any atom is -0.480 e. The fourth-order valence-electron chi connectivity index (χ4n) is 7.42. The second-order valence-electron chi connectivity index (χ2n) is 17.3. The molecule has 0 aromatic carbocycles. The standard InChI is InChI=1S/C48H94NO10P/c1-3-5-7-9-11-13-15-17-19-20-21-22-23-24-25-26-28-29-31-33-35-37-39-46(50)56-41-44(42-57-60(54,55)58-43-45(49)48(52)53)59-47(51)40-38-36-34-32-30-27-18-16-14-12-10-8-6-4-2/h44-45H,3-43,49H2,1-2H3,(H,52,53)(H,54,55)/t44-,45+/m0/s1. The van der Waals surface area contributed by atoms with Crippen LogP contribution in [0.5, 0.6) is 0 Å². The van der Waals surface area contributed by atoms with Crippen molar-refractivity contribution in [3.8, 4) is 0 Å². The molecule has 0 spiro atoms. The summed E-state index contributed by atoms with van der Waals surface area (Å²) < 4.78 is 32.8. The zero-order chi connectivity index (χ0) is 44.2. The number of carboxylic acid groups (broad SMARTS) is 1. The number of carboxylic acids is 1. The van der Waals surface area contributed by atoms with Crippen LogP contribution in [0.25, 0.3) is 0 Å². The van der Waals surface area contributed by atoms with Gasteiger partial charge in [-0.1, -0.05) is 232 Å². The van der Waals surface area contributed by atoms with E-state index in [9.17, 15) is 23.8 Å². The zero-order valence-corrected chi connectivity index (χ0v) is 39.7. The minimum absolute atomic E-state index is 0.169. The lowest BCUT2D eigenvalue weighted by Crippen LogP contribution is -2.34. The van der Waals surface area contributed by atoms with Crippen LogP contribution in [-0.4, -0.2) is 59.9 Å². The average molecular weight is 876 g/mol. The summed E-state index contributed by atoms with van der Waals surface area (Å²) >= 11 is 0. The normalized spacial score (nSPS) is 13.5. The lowest BCUT2D eigenvalue weighted by Gasteiger charge is -2.20. The quantitative estimate of drug-likeness (QED) is 0.0302. The van der Waals surface area contributed by atoms with Crippen LogP contribution in [-0.2, 0) is 37.5 Å². The van der Waals surface area contributed by atoms with Crippen LogP contribution >= 0.6 is 7.82 Å². The molecule has 0 aromatic rings. The molecule has 12 heteroatoms. The number of unbranched alkanes of at least 4 members (excludes halogenated alkanes) is 34. The molecule has 0 aliphatic heterocycles. The Hall–Kier alpha value is -1.52. The van der Waals surface area contributed by atoms with Crippen molar-refractivity contribution in [2.45, 2.75) is 270 Å². The average Bonchev–Trinajstić information content (AvgIpc) is 3.22. The lowest BCUT2D eigenvalue weighted by atomic mass is 10.0. The first-order valence-corrected chi connectivity index (χ1v) is 26.6. The van der Waals surface area contributed by atoms with Gasteiger partial charge in [-0.3, -0.25) is 23.4 Å². The summed E-state index contributed by atoms with van der Waals surface area (Å²) in [5.74, 6) is -2.35. The van der Waals surface area contributed by atoms with E-state index >= 15 is 0 Å². The van der Waals surface area contributed by atoms with E-state index in [0.717, 1.165) is 38.5 Å². The second-order valence-corrected chi connectivity index (χ2v) is 18.8. The summed E-state index contributed by atoms with van der Waals surface area (Å²) in [4.78, 5) is 46.1. The van der Waals surface area contributed by atoms with Gasteiger partial charge in [0.1, 0.15) is 12.6 Å². The van der Waals surface area contributed by atoms with Gasteiger partial charge in [-0.15, -0.1) is 0 Å². The highest BCUT2D eigenvalue weighted by Crippen LogP contribution is 2.43. The predicted octanol–water partition coefficient (Wildman–Crippen LogP) is 13.9. The largest absolute Gasteiger partial charge is 0.480 e. The fraction of sp³-hybridized carbons (Fsp3) is 0.938. The Morgan fingerprint density at radius 1 is 0.450 bits per heavy atom. The Morgan fingerprint density at radius 2 is 0.733 bits per heavy atom. The Bertz CT molecular complexity index is 1030. The van der Waals surface area contributed by atoms with Crippen LogP contribution in [0.4, 0.5) is 0 Å². The van der Waals surface area contributed by atoms with Crippen LogP contribution < -0.4 is 5.73 Å². The molecule has 0 rings (SSSR count). The maximum absolute atomic E-state index is 12.6. The van der Waals surface area contributed by atoms with E-state index in [-0.39, 0.29) is 19.4 Å². The third-order valence-electron chi connectivity index (χ3n) is 11.4. The highest BCUT2D eigenvalue weighted by molar-refractivity contribution is 7.47. The van der Waals surface area contributed by atoms with Gasteiger partial charge in [-0.05, 0) is 12.8 Å². The van der Waals surface area contributed by atoms with Crippen LogP contribution in [0.2, 0.25) is 0 Å². The molecular formula is C48H94NO10P. The molecule has 0 aliphatic carbocycles.